The Morgan fingerprint density at radius 1 is 0.944 bits per heavy atom. The Morgan fingerprint density at radius 2 is 1.67 bits per heavy atom. The maximum Gasteiger partial charge on any atom is 0.150 e. The number of hydrogen-bond acceptors (Lipinski definition) is 1. The van der Waals surface area contributed by atoms with Crippen LogP contribution in [0.4, 0.5) is 0 Å². The van der Waals surface area contributed by atoms with Crippen molar-refractivity contribution in [2.45, 2.75) is 13.8 Å². The van der Waals surface area contributed by atoms with Gasteiger partial charge in [-0.1, -0.05) is 35.3 Å². The van der Waals surface area contributed by atoms with Crippen molar-refractivity contribution in [2.24, 2.45) is 0 Å². The van der Waals surface area contributed by atoms with Crippen LogP contribution in [0.25, 0.3) is 11.1 Å². The minimum absolute atomic E-state index is 0.533. The average molecular weight is 279 g/mol. The number of aldehydes is 1. The molecule has 0 aliphatic carbocycles. The second-order valence-electron chi connectivity index (χ2n) is 4.27. The van der Waals surface area contributed by atoms with Gasteiger partial charge in [0.1, 0.15) is 6.29 Å². The number of hydrogen-bond donors (Lipinski definition) is 0. The fourth-order valence-corrected chi connectivity index (χ4v) is 2.24. The molecule has 0 amide bonds. The van der Waals surface area contributed by atoms with Crippen molar-refractivity contribution in [1.82, 2.24) is 0 Å². The van der Waals surface area contributed by atoms with Gasteiger partial charge in [0, 0.05) is 5.56 Å². The molecule has 1 nitrogen and oxygen atoms in total. The highest BCUT2D eigenvalue weighted by molar-refractivity contribution is 6.42. The van der Waals surface area contributed by atoms with Crippen LogP contribution >= 0.6 is 23.2 Å². The van der Waals surface area contributed by atoms with Crippen molar-refractivity contribution in [3.8, 4) is 11.1 Å². The van der Waals surface area contributed by atoms with Crippen LogP contribution in [-0.2, 0) is 0 Å². The molecule has 0 N–H and O–H groups in total. The van der Waals surface area contributed by atoms with E-state index >= 15 is 0 Å². The molecule has 0 heterocycles. The second-order valence-corrected chi connectivity index (χ2v) is 5.08. The SMILES string of the molecule is Cc1cc(-c2ccc(Cl)c(Cl)c2)c(C)cc1C=O. The number of aryl methyl sites for hydroxylation is 2. The summed E-state index contributed by atoms with van der Waals surface area (Å²) in [6.07, 6.45) is 0.876. The van der Waals surface area contributed by atoms with E-state index in [1.807, 2.05) is 38.1 Å². The van der Waals surface area contributed by atoms with Gasteiger partial charge < -0.3 is 0 Å². The number of carbonyl (C=O) groups is 1. The average Bonchev–Trinajstić information content (AvgIpc) is 2.35. The van der Waals surface area contributed by atoms with Gasteiger partial charge in [0.15, 0.2) is 0 Å². The molecule has 0 aromatic heterocycles. The van der Waals surface area contributed by atoms with Crippen LogP contribution in [0.3, 0.4) is 0 Å². The highest BCUT2D eigenvalue weighted by atomic mass is 35.5. The fourth-order valence-electron chi connectivity index (χ4n) is 1.94. The molecule has 3 heteroatoms. The Labute approximate surface area is 116 Å². The van der Waals surface area contributed by atoms with Crippen LogP contribution in [0.15, 0.2) is 30.3 Å². The van der Waals surface area contributed by atoms with E-state index in [4.69, 9.17) is 23.2 Å². The van der Waals surface area contributed by atoms with Crippen LogP contribution in [0.1, 0.15) is 21.5 Å². The Balaban J connectivity index is 2.60. The summed E-state index contributed by atoms with van der Waals surface area (Å²) >= 11 is 11.9. The molecule has 0 fully saturated rings. The molecule has 0 aliphatic rings. The van der Waals surface area contributed by atoms with Gasteiger partial charge in [0.2, 0.25) is 0 Å². The third-order valence-electron chi connectivity index (χ3n) is 2.97. The van der Waals surface area contributed by atoms with Crippen molar-refractivity contribution in [3.05, 3.63) is 57.1 Å². The predicted octanol–water partition coefficient (Wildman–Crippen LogP) is 5.09. The fraction of sp³-hybridized carbons (Fsp3) is 0.133. The van der Waals surface area contributed by atoms with Crippen molar-refractivity contribution in [3.63, 3.8) is 0 Å². The van der Waals surface area contributed by atoms with Gasteiger partial charge in [-0.25, -0.2) is 0 Å². The first kappa shape index (κ1) is 13.1. The molecule has 0 unspecified atom stereocenters. The largest absolute Gasteiger partial charge is 0.298 e. The Hall–Kier alpha value is -1.31. The zero-order chi connectivity index (χ0) is 13.3. The van der Waals surface area contributed by atoms with Gasteiger partial charge in [-0.05, 0) is 54.3 Å². The van der Waals surface area contributed by atoms with Crippen molar-refractivity contribution >= 4 is 29.5 Å². The van der Waals surface area contributed by atoms with E-state index in [-0.39, 0.29) is 0 Å². The molecule has 92 valence electrons. The molecule has 0 saturated carbocycles. The zero-order valence-corrected chi connectivity index (χ0v) is 11.6. The maximum atomic E-state index is 10.9. The molecular formula is C15H12Cl2O. The van der Waals surface area contributed by atoms with Gasteiger partial charge in [-0.2, -0.15) is 0 Å². The summed E-state index contributed by atoms with van der Waals surface area (Å²) in [7, 11) is 0. The summed E-state index contributed by atoms with van der Waals surface area (Å²) < 4.78 is 0. The van der Waals surface area contributed by atoms with Crippen molar-refractivity contribution in [2.75, 3.05) is 0 Å². The minimum atomic E-state index is 0.533. The molecular weight excluding hydrogens is 267 g/mol. The molecule has 0 bridgehead atoms. The van der Waals surface area contributed by atoms with E-state index in [0.29, 0.717) is 10.0 Å². The van der Waals surface area contributed by atoms with Gasteiger partial charge in [0.25, 0.3) is 0 Å². The normalized spacial score (nSPS) is 10.4. The topological polar surface area (TPSA) is 17.1 Å². The summed E-state index contributed by atoms with van der Waals surface area (Å²) in [6.45, 7) is 3.90. The monoisotopic (exact) mass is 278 g/mol. The predicted molar refractivity (Wildman–Crippen MR) is 76.8 cm³/mol. The first-order chi connectivity index (χ1) is 8.52. The van der Waals surface area contributed by atoms with Crippen LogP contribution in [0.5, 0.6) is 0 Å². The Morgan fingerprint density at radius 3 is 2.28 bits per heavy atom. The van der Waals surface area contributed by atoms with Crippen LogP contribution < -0.4 is 0 Å². The lowest BCUT2D eigenvalue weighted by Gasteiger charge is -2.10. The molecule has 0 saturated heterocycles. The maximum absolute atomic E-state index is 10.9. The summed E-state index contributed by atoms with van der Waals surface area (Å²) in [4.78, 5) is 10.9. The van der Waals surface area contributed by atoms with E-state index in [0.717, 1.165) is 34.1 Å². The molecule has 2 aromatic carbocycles. The zero-order valence-electron chi connectivity index (χ0n) is 10.1. The molecule has 0 aliphatic heterocycles. The van der Waals surface area contributed by atoms with Crippen molar-refractivity contribution in [1.29, 1.82) is 0 Å². The number of rotatable bonds is 2. The van der Waals surface area contributed by atoms with Gasteiger partial charge in [-0.15, -0.1) is 0 Å². The lowest BCUT2D eigenvalue weighted by Crippen LogP contribution is -1.91. The first-order valence-electron chi connectivity index (χ1n) is 5.55. The third kappa shape index (κ3) is 2.43. The molecule has 18 heavy (non-hydrogen) atoms. The summed E-state index contributed by atoms with van der Waals surface area (Å²) in [5.41, 5.74) is 4.79. The highest BCUT2D eigenvalue weighted by Crippen LogP contribution is 2.31. The van der Waals surface area contributed by atoms with Crippen molar-refractivity contribution < 1.29 is 4.79 Å². The number of benzene rings is 2. The van der Waals surface area contributed by atoms with Gasteiger partial charge in [-0.3, -0.25) is 4.79 Å². The molecule has 0 spiro atoms. The number of halogens is 2. The van der Waals surface area contributed by atoms with E-state index in [1.54, 1.807) is 6.07 Å². The summed E-state index contributed by atoms with van der Waals surface area (Å²) in [5.74, 6) is 0. The lowest BCUT2D eigenvalue weighted by molar-refractivity contribution is 0.112. The first-order valence-corrected chi connectivity index (χ1v) is 6.30. The quantitative estimate of drug-likeness (QED) is 0.700. The molecule has 2 rings (SSSR count). The highest BCUT2D eigenvalue weighted by Gasteiger charge is 2.08. The standard InChI is InChI=1S/C15H12Cl2O/c1-9-6-13(10(2)5-12(9)8-18)11-3-4-14(16)15(17)7-11/h3-8H,1-2H3. The minimum Gasteiger partial charge on any atom is -0.298 e. The Bertz CT molecular complexity index is 618. The summed E-state index contributed by atoms with van der Waals surface area (Å²) in [6, 6.07) is 9.43. The number of carbonyl (C=O) groups excluding carboxylic acids is 1. The van der Waals surface area contributed by atoms with Crippen LogP contribution in [-0.4, -0.2) is 6.29 Å². The third-order valence-corrected chi connectivity index (χ3v) is 3.71. The molecule has 0 atom stereocenters. The summed E-state index contributed by atoms with van der Waals surface area (Å²) in [5, 5.41) is 1.07. The van der Waals surface area contributed by atoms with E-state index in [2.05, 4.69) is 0 Å². The molecule has 2 aromatic rings. The van der Waals surface area contributed by atoms with E-state index in [1.165, 1.54) is 0 Å². The second kappa shape index (κ2) is 5.13. The smallest absolute Gasteiger partial charge is 0.150 e. The van der Waals surface area contributed by atoms with E-state index in [9.17, 15) is 4.79 Å². The van der Waals surface area contributed by atoms with Crippen LogP contribution in [0, 0.1) is 13.8 Å². The van der Waals surface area contributed by atoms with Gasteiger partial charge in [0.05, 0.1) is 10.0 Å². The molecule has 0 radical (unpaired) electrons. The van der Waals surface area contributed by atoms with Crippen LogP contribution in [0.2, 0.25) is 10.0 Å². The van der Waals surface area contributed by atoms with E-state index < -0.39 is 0 Å². The lowest BCUT2D eigenvalue weighted by atomic mass is 9.95. The Kier molecular flexibility index (Phi) is 3.74. The van der Waals surface area contributed by atoms with Gasteiger partial charge >= 0.3 is 0 Å².